The van der Waals surface area contributed by atoms with Crippen LogP contribution in [0.5, 0.6) is 17.2 Å². The standard InChI is InChI=1S/C18H18N4O7S/c1-27-15-8-11(9-16(28-2)18(15)29-3)14-10-17(19)21(20-14)30(25,26)13-6-4-12(5-7-13)22(23)24/h4-10H,19H2,1-3H3. The molecule has 0 saturated carbocycles. The normalized spacial score (nSPS) is 11.2. The van der Waals surface area contributed by atoms with Gasteiger partial charge in [-0.3, -0.25) is 10.1 Å². The van der Waals surface area contributed by atoms with Crippen LogP contribution in [0.3, 0.4) is 0 Å². The third-order valence-electron chi connectivity index (χ3n) is 4.24. The SMILES string of the molecule is COc1cc(-c2cc(N)n(S(=O)(=O)c3ccc([N+](=O)[O-])cc3)n2)cc(OC)c1OC. The molecule has 3 rings (SSSR count). The van der Waals surface area contributed by atoms with Crippen molar-refractivity contribution in [3.63, 3.8) is 0 Å². The fourth-order valence-corrected chi connectivity index (χ4v) is 3.99. The third kappa shape index (κ3) is 3.59. The first-order valence-electron chi connectivity index (χ1n) is 8.39. The van der Waals surface area contributed by atoms with Gasteiger partial charge in [0.05, 0.1) is 36.8 Å². The number of aromatic nitrogens is 2. The van der Waals surface area contributed by atoms with Gasteiger partial charge < -0.3 is 19.9 Å². The average molecular weight is 434 g/mol. The van der Waals surface area contributed by atoms with Crippen LogP contribution in [0.1, 0.15) is 0 Å². The van der Waals surface area contributed by atoms with Gasteiger partial charge in [-0.2, -0.15) is 13.5 Å². The zero-order chi connectivity index (χ0) is 22.1. The molecule has 2 aromatic carbocycles. The van der Waals surface area contributed by atoms with Gasteiger partial charge in [-0.15, -0.1) is 4.09 Å². The number of nitro groups is 1. The van der Waals surface area contributed by atoms with Crippen LogP contribution in [0.15, 0.2) is 47.4 Å². The highest BCUT2D eigenvalue weighted by molar-refractivity contribution is 7.90. The van der Waals surface area contributed by atoms with Crippen molar-refractivity contribution in [1.82, 2.24) is 9.19 Å². The molecular formula is C18H18N4O7S. The fourth-order valence-electron chi connectivity index (χ4n) is 2.78. The summed E-state index contributed by atoms with van der Waals surface area (Å²) in [5.41, 5.74) is 6.40. The van der Waals surface area contributed by atoms with E-state index in [9.17, 15) is 18.5 Å². The van der Waals surface area contributed by atoms with Gasteiger partial charge in [-0.1, -0.05) is 0 Å². The smallest absolute Gasteiger partial charge is 0.284 e. The summed E-state index contributed by atoms with van der Waals surface area (Å²) in [6.45, 7) is 0. The van der Waals surface area contributed by atoms with Crippen LogP contribution in [0.4, 0.5) is 11.5 Å². The Bertz CT molecular complexity index is 1180. The Morgan fingerprint density at radius 1 is 1.00 bits per heavy atom. The lowest BCUT2D eigenvalue weighted by Gasteiger charge is -2.13. The molecule has 0 unspecified atom stereocenters. The number of ether oxygens (including phenoxy) is 3. The van der Waals surface area contributed by atoms with Crippen molar-refractivity contribution in [2.75, 3.05) is 27.1 Å². The molecule has 0 bridgehead atoms. The predicted octanol–water partition coefficient (Wildman–Crippen LogP) is 2.30. The van der Waals surface area contributed by atoms with Crippen molar-refractivity contribution >= 4 is 21.5 Å². The maximum atomic E-state index is 12.9. The van der Waals surface area contributed by atoms with Gasteiger partial charge >= 0.3 is 0 Å². The quantitative estimate of drug-likeness (QED) is 0.436. The van der Waals surface area contributed by atoms with Crippen LogP contribution in [-0.2, 0) is 10.0 Å². The van der Waals surface area contributed by atoms with E-state index in [0.29, 0.717) is 26.9 Å². The Balaban J connectivity index is 2.08. The van der Waals surface area contributed by atoms with Crippen molar-refractivity contribution in [3.05, 3.63) is 52.6 Å². The van der Waals surface area contributed by atoms with E-state index in [4.69, 9.17) is 19.9 Å². The number of methoxy groups -OCH3 is 3. The first-order chi connectivity index (χ1) is 14.2. The maximum absolute atomic E-state index is 12.9. The minimum Gasteiger partial charge on any atom is -0.493 e. The molecule has 1 heterocycles. The molecule has 0 aliphatic carbocycles. The summed E-state index contributed by atoms with van der Waals surface area (Å²) in [5, 5.41) is 14.9. The number of hydrogen-bond donors (Lipinski definition) is 1. The number of nitro benzene ring substituents is 1. The van der Waals surface area contributed by atoms with Gasteiger partial charge in [0, 0.05) is 23.8 Å². The third-order valence-corrected chi connectivity index (χ3v) is 5.85. The number of rotatable bonds is 7. The highest BCUT2D eigenvalue weighted by Gasteiger charge is 2.24. The van der Waals surface area contributed by atoms with E-state index in [2.05, 4.69) is 5.10 Å². The van der Waals surface area contributed by atoms with Crippen LogP contribution >= 0.6 is 0 Å². The lowest BCUT2D eigenvalue weighted by Crippen LogP contribution is -2.16. The molecule has 0 fully saturated rings. The fraction of sp³-hybridized carbons (Fsp3) is 0.167. The lowest BCUT2D eigenvalue weighted by atomic mass is 10.1. The predicted molar refractivity (Wildman–Crippen MR) is 107 cm³/mol. The summed E-state index contributed by atoms with van der Waals surface area (Å²) in [5.74, 6) is 0.947. The van der Waals surface area contributed by atoms with Gasteiger partial charge in [-0.25, -0.2) is 0 Å². The molecule has 0 aliphatic heterocycles. The van der Waals surface area contributed by atoms with E-state index in [1.54, 1.807) is 12.1 Å². The topological polar surface area (TPSA) is 149 Å². The molecule has 30 heavy (non-hydrogen) atoms. The van der Waals surface area contributed by atoms with Crippen LogP contribution in [0, 0.1) is 10.1 Å². The van der Waals surface area contributed by atoms with Crippen LogP contribution in [0.2, 0.25) is 0 Å². The van der Waals surface area contributed by atoms with Crippen molar-refractivity contribution in [2.24, 2.45) is 0 Å². The van der Waals surface area contributed by atoms with Gasteiger partial charge in [0.2, 0.25) is 5.75 Å². The number of anilines is 1. The lowest BCUT2D eigenvalue weighted by molar-refractivity contribution is -0.384. The summed E-state index contributed by atoms with van der Waals surface area (Å²) in [4.78, 5) is 9.97. The number of hydrogen-bond acceptors (Lipinski definition) is 9. The Kier molecular flexibility index (Phi) is 5.52. The molecule has 11 nitrogen and oxygen atoms in total. The molecule has 158 valence electrons. The second-order valence-electron chi connectivity index (χ2n) is 5.97. The van der Waals surface area contributed by atoms with Gasteiger partial charge in [0.15, 0.2) is 11.5 Å². The zero-order valence-electron chi connectivity index (χ0n) is 16.2. The summed E-state index contributed by atoms with van der Waals surface area (Å²) >= 11 is 0. The Labute approximate surface area is 171 Å². The summed E-state index contributed by atoms with van der Waals surface area (Å²) < 4.78 is 42.4. The summed E-state index contributed by atoms with van der Waals surface area (Å²) in [6, 6.07) is 9.00. The molecule has 0 atom stereocenters. The number of non-ortho nitro benzene ring substituents is 1. The van der Waals surface area contributed by atoms with Crippen molar-refractivity contribution in [3.8, 4) is 28.5 Å². The van der Waals surface area contributed by atoms with Gasteiger partial charge in [0.25, 0.3) is 15.7 Å². The molecule has 0 radical (unpaired) electrons. The first-order valence-corrected chi connectivity index (χ1v) is 9.83. The van der Waals surface area contributed by atoms with E-state index in [-0.39, 0.29) is 22.1 Å². The second kappa shape index (κ2) is 7.91. The van der Waals surface area contributed by atoms with Crippen molar-refractivity contribution in [1.29, 1.82) is 0 Å². The van der Waals surface area contributed by atoms with Crippen LogP contribution < -0.4 is 19.9 Å². The highest BCUT2D eigenvalue weighted by atomic mass is 32.2. The monoisotopic (exact) mass is 434 g/mol. The number of benzene rings is 2. The van der Waals surface area contributed by atoms with Crippen LogP contribution in [0.25, 0.3) is 11.3 Å². The second-order valence-corrected chi connectivity index (χ2v) is 7.73. The van der Waals surface area contributed by atoms with Gasteiger partial charge in [0.1, 0.15) is 5.82 Å². The van der Waals surface area contributed by atoms with E-state index in [0.717, 1.165) is 24.3 Å². The Hall–Kier alpha value is -3.80. The Morgan fingerprint density at radius 2 is 1.57 bits per heavy atom. The molecule has 2 N–H and O–H groups in total. The average Bonchev–Trinajstić information content (AvgIpc) is 3.15. The molecule has 12 heteroatoms. The van der Waals surface area contributed by atoms with E-state index in [1.807, 2.05) is 0 Å². The molecular weight excluding hydrogens is 416 g/mol. The van der Waals surface area contributed by atoms with Gasteiger partial charge in [-0.05, 0) is 24.3 Å². The zero-order valence-corrected chi connectivity index (χ0v) is 17.0. The molecule has 0 amide bonds. The van der Waals surface area contributed by atoms with Crippen molar-refractivity contribution in [2.45, 2.75) is 4.90 Å². The largest absolute Gasteiger partial charge is 0.493 e. The first kappa shape index (κ1) is 20.9. The summed E-state index contributed by atoms with van der Waals surface area (Å²) in [6.07, 6.45) is 0. The minimum atomic E-state index is -4.17. The Morgan fingerprint density at radius 3 is 2.03 bits per heavy atom. The molecule has 3 aromatic rings. The highest BCUT2D eigenvalue weighted by Crippen LogP contribution is 2.41. The maximum Gasteiger partial charge on any atom is 0.284 e. The minimum absolute atomic E-state index is 0.142. The summed E-state index contributed by atoms with van der Waals surface area (Å²) in [7, 11) is 0.192. The molecule has 1 aromatic heterocycles. The molecule has 0 aliphatic rings. The molecule has 0 spiro atoms. The molecule has 0 saturated heterocycles. The van der Waals surface area contributed by atoms with E-state index < -0.39 is 14.9 Å². The number of nitrogens with two attached hydrogens (primary N) is 1. The number of nitrogen functional groups attached to an aromatic ring is 1. The van der Waals surface area contributed by atoms with E-state index >= 15 is 0 Å². The number of nitrogens with zero attached hydrogens (tertiary/aromatic N) is 3. The van der Waals surface area contributed by atoms with E-state index in [1.165, 1.54) is 27.4 Å². The van der Waals surface area contributed by atoms with Crippen LogP contribution in [-0.4, -0.2) is 43.9 Å². The van der Waals surface area contributed by atoms with Crippen molar-refractivity contribution < 1.29 is 27.6 Å².